The fourth-order valence-electron chi connectivity index (χ4n) is 2.43. The largest absolute Gasteiger partial charge is 0.310 e. The first-order valence-electron chi connectivity index (χ1n) is 7.57. The normalized spacial score (nSPS) is 12.4. The zero-order valence-electron chi connectivity index (χ0n) is 13.0. The Hall–Kier alpha value is -1.38. The van der Waals surface area contributed by atoms with Crippen molar-refractivity contribution >= 4 is 11.6 Å². The van der Waals surface area contributed by atoms with Crippen molar-refractivity contribution in [2.75, 3.05) is 6.54 Å². The number of nitrogens with one attached hydrogen (secondary N) is 1. The lowest BCUT2D eigenvalue weighted by Crippen LogP contribution is -2.23. The third-order valence-electron chi connectivity index (χ3n) is 3.74. The highest BCUT2D eigenvalue weighted by atomic mass is 35.5. The van der Waals surface area contributed by atoms with E-state index in [0.29, 0.717) is 0 Å². The summed E-state index contributed by atoms with van der Waals surface area (Å²) in [6.07, 6.45) is 3.89. The van der Waals surface area contributed by atoms with Crippen molar-refractivity contribution in [3.05, 3.63) is 63.9 Å². The molecule has 0 amide bonds. The molecule has 2 rings (SSSR count). The van der Waals surface area contributed by atoms with E-state index in [-0.39, 0.29) is 6.04 Å². The van der Waals surface area contributed by atoms with Gasteiger partial charge in [-0.25, -0.2) is 0 Å². The van der Waals surface area contributed by atoms with Crippen LogP contribution < -0.4 is 5.32 Å². The number of halogens is 1. The number of nitrogens with zero attached hydrogens (tertiary/aromatic N) is 1. The molecule has 0 aliphatic carbocycles. The van der Waals surface area contributed by atoms with E-state index in [1.165, 1.54) is 11.1 Å². The molecule has 0 fully saturated rings. The van der Waals surface area contributed by atoms with Crippen LogP contribution in [0, 0.1) is 6.92 Å². The summed E-state index contributed by atoms with van der Waals surface area (Å²) in [7, 11) is 0. The predicted molar refractivity (Wildman–Crippen MR) is 89.9 cm³/mol. The maximum atomic E-state index is 6.12. The summed E-state index contributed by atoms with van der Waals surface area (Å²) in [5.74, 6) is 0. The number of likely N-dealkylation sites (N-methyl/N-ethyl adjacent to an activating group) is 1. The van der Waals surface area contributed by atoms with Gasteiger partial charge in [-0.05, 0) is 48.7 Å². The van der Waals surface area contributed by atoms with E-state index in [4.69, 9.17) is 11.6 Å². The number of rotatable bonds is 6. The lowest BCUT2D eigenvalue weighted by atomic mass is 9.99. The van der Waals surface area contributed by atoms with Gasteiger partial charge in [-0.15, -0.1) is 0 Å². The van der Waals surface area contributed by atoms with Gasteiger partial charge in [-0.2, -0.15) is 0 Å². The monoisotopic (exact) mass is 302 g/mol. The molecular weight excluding hydrogens is 280 g/mol. The van der Waals surface area contributed by atoms with Gasteiger partial charge in [-0.1, -0.05) is 43.6 Å². The van der Waals surface area contributed by atoms with Crippen LogP contribution in [0.3, 0.4) is 0 Å². The number of aromatic nitrogens is 1. The highest BCUT2D eigenvalue weighted by molar-refractivity contribution is 6.31. The molecule has 1 aromatic carbocycles. The van der Waals surface area contributed by atoms with Gasteiger partial charge < -0.3 is 5.32 Å². The molecule has 0 bridgehead atoms. The van der Waals surface area contributed by atoms with Gasteiger partial charge in [0, 0.05) is 29.4 Å². The van der Waals surface area contributed by atoms with Gasteiger partial charge in [0.05, 0.1) is 0 Å². The Morgan fingerprint density at radius 3 is 2.57 bits per heavy atom. The van der Waals surface area contributed by atoms with Crippen molar-refractivity contribution in [1.29, 1.82) is 0 Å². The Balaban J connectivity index is 2.19. The SMILES string of the molecule is CCNC(Cc1ccc(CC)cn1)c1ccc(Cl)c(C)c1. The molecule has 112 valence electrons. The second-order valence-electron chi connectivity index (χ2n) is 5.33. The van der Waals surface area contributed by atoms with Crippen molar-refractivity contribution in [2.45, 2.75) is 39.7 Å². The number of aryl methyl sites for hydroxylation is 2. The molecule has 0 saturated heterocycles. The lowest BCUT2D eigenvalue weighted by molar-refractivity contribution is 0.543. The van der Waals surface area contributed by atoms with E-state index in [1.807, 2.05) is 19.2 Å². The van der Waals surface area contributed by atoms with E-state index in [9.17, 15) is 0 Å². The summed E-state index contributed by atoms with van der Waals surface area (Å²) in [6, 6.07) is 10.8. The Kier molecular flexibility index (Phi) is 5.77. The van der Waals surface area contributed by atoms with Gasteiger partial charge in [0.25, 0.3) is 0 Å². The highest BCUT2D eigenvalue weighted by Gasteiger charge is 2.13. The Morgan fingerprint density at radius 1 is 1.19 bits per heavy atom. The third kappa shape index (κ3) is 4.29. The maximum Gasteiger partial charge on any atom is 0.0435 e. The van der Waals surface area contributed by atoms with Crippen LogP contribution in [0.2, 0.25) is 5.02 Å². The van der Waals surface area contributed by atoms with Gasteiger partial charge in [0.15, 0.2) is 0 Å². The number of hydrogen-bond donors (Lipinski definition) is 1. The minimum absolute atomic E-state index is 0.269. The second-order valence-corrected chi connectivity index (χ2v) is 5.74. The molecule has 2 aromatic rings. The molecule has 0 radical (unpaired) electrons. The van der Waals surface area contributed by atoms with Crippen LogP contribution in [0.4, 0.5) is 0 Å². The van der Waals surface area contributed by atoms with Crippen LogP contribution >= 0.6 is 11.6 Å². The first-order valence-corrected chi connectivity index (χ1v) is 7.95. The van der Waals surface area contributed by atoms with Gasteiger partial charge >= 0.3 is 0 Å². The summed E-state index contributed by atoms with van der Waals surface area (Å²) >= 11 is 6.12. The van der Waals surface area contributed by atoms with Crippen LogP contribution in [-0.4, -0.2) is 11.5 Å². The van der Waals surface area contributed by atoms with Crippen molar-refractivity contribution in [1.82, 2.24) is 10.3 Å². The Morgan fingerprint density at radius 2 is 2.00 bits per heavy atom. The average molecular weight is 303 g/mol. The molecule has 21 heavy (non-hydrogen) atoms. The fraction of sp³-hybridized carbons (Fsp3) is 0.389. The predicted octanol–water partition coefficient (Wildman–Crippen LogP) is 4.50. The molecular formula is C18H23ClN2. The number of pyridine rings is 1. The molecule has 1 aromatic heterocycles. The van der Waals surface area contributed by atoms with E-state index in [1.54, 1.807) is 0 Å². The molecule has 0 aliphatic rings. The summed E-state index contributed by atoms with van der Waals surface area (Å²) in [5, 5.41) is 4.36. The standard InChI is InChI=1S/C18H23ClN2/c1-4-14-6-8-16(21-12-14)11-18(20-5-2)15-7-9-17(19)13(3)10-15/h6-10,12,18,20H,4-5,11H2,1-3H3. The average Bonchev–Trinajstić information content (AvgIpc) is 2.50. The smallest absolute Gasteiger partial charge is 0.0435 e. The van der Waals surface area contributed by atoms with Gasteiger partial charge in [-0.3, -0.25) is 4.98 Å². The van der Waals surface area contributed by atoms with Crippen LogP contribution in [0.1, 0.15) is 42.3 Å². The van der Waals surface area contributed by atoms with Crippen molar-refractivity contribution in [2.24, 2.45) is 0 Å². The molecule has 1 N–H and O–H groups in total. The topological polar surface area (TPSA) is 24.9 Å². The van der Waals surface area contributed by atoms with E-state index in [0.717, 1.165) is 35.7 Å². The van der Waals surface area contributed by atoms with E-state index >= 15 is 0 Å². The molecule has 1 unspecified atom stereocenters. The summed E-state index contributed by atoms with van der Waals surface area (Å²) < 4.78 is 0. The molecule has 0 saturated carbocycles. The van der Waals surface area contributed by atoms with Gasteiger partial charge in [0.1, 0.15) is 0 Å². The Bertz CT molecular complexity index is 578. The van der Waals surface area contributed by atoms with Crippen molar-refractivity contribution in [3.63, 3.8) is 0 Å². The van der Waals surface area contributed by atoms with Gasteiger partial charge in [0.2, 0.25) is 0 Å². The lowest BCUT2D eigenvalue weighted by Gasteiger charge is -2.19. The van der Waals surface area contributed by atoms with Crippen LogP contribution in [0.25, 0.3) is 0 Å². The number of benzene rings is 1. The first kappa shape index (κ1) is 16.0. The minimum Gasteiger partial charge on any atom is -0.310 e. The van der Waals surface area contributed by atoms with Crippen LogP contribution in [0.5, 0.6) is 0 Å². The van der Waals surface area contributed by atoms with E-state index in [2.05, 4.69) is 48.4 Å². The quantitative estimate of drug-likeness (QED) is 0.850. The molecule has 2 nitrogen and oxygen atoms in total. The molecule has 3 heteroatoms. The summed E-state index contributed by atoms with van der Waals surface area (Å²) in [6.45, 7) is 7.25. The molecule has 0 spiro atoms. The maximum absolute atomic E-state index is 6.12. The Labute approximate surface area is 132 Å². The zero-order chi connectivity index (χ0) is 15.2. The van der Waals surface area contributed by atoms with Crippen LogP contribution in [0.15, 0.2) is 36.5 Å². The minimum atomic E-state index is 0.269. The zero-order valence-corrected chi connectivity index (χ0v) is 13.7. The summed E-state index contributed by atoms with van der Waals surface area (Å²) in [4.78, 5) is 4.57. The van der Waals surface area contributed by atoms with E-state index < -0.39 is 0 Å². The fourth-order valence-corrected chi connectivity index (χ4v) is 2.55. The second kappa shape index (κ2) is 7.58. The van der Waals surface area contributed by atoms with Crippen molar-refractivity contribution in [3.8, 4) is 0 Å². The molecule has 1 atom stereocenters. The van der Waals surface area contributed by atoms with Crippen molar-refractivity contribution < 1.29 is 0 Å². The molecule has 1 heterocycles. The van der Waals surface area contributed by atoms with Crippen LogP contribution in [-0.2, 0) is 12.8 Å². The third-order valence-corrected chi connectivity index (χ3v) is 4.17. The molecule has 0 aliphatic heterocycles. The summed E-state index contributed by atoms with van der Waals surface area (Å²) in [5.41, 5.74) is 4.78. The highest BCUT2D eigenvalue weighted by Crippen LogP contribution is 2.23. The number of hydrogen-bond acceptors (Lipinski definition) is 2. The first-order chi connectivity index (χ1) is 10.1.